The van der Waals surface area contributed by atoms with Crippen molar-refractivity contribution in [2.45, 2.75) is 25.9 Å². The van der Waals surface area contributed by atoms with Crippen LogP contribution in [0.1, 0.15) is 37.0 Å². The molecule has 0 aromatic heterocycles. The van der Waals surface area contributed by atoms with Gasteiger partial charge in [-0.1, -0.05) is 38.1 Å². The van der Waals surface area contributed by atoms with Crippen LogP contribution < -0.4 is 0 Å². The molecule has 1 aromatic rings. The molecule has 1 aliphatic heterocycles. The van der Waals surface area contributed by atoms with Gasteiger partial charge < -0.3 is 9.84 Å². The molecule has 0 amide bonds. The van der Waals surface area contributed by atoms with Crippen LogP contribution in [0.25, 0.3) is 0 Å². The smallest absolute Gasteiger partial charge is 0.0916 e. The molecule has 0 aliphatic carbocycles. The third-order valence-corrected chi connectivity index (χ3v) is 3.52. The second-order valence-electron chi connectivity index (χ2n) is 5.25. The lowest BCUT2D eigenvalue weighted by Crippen LogP contribution is -2.38. The number of aliphatic hydroxyl groups is 1. The molecule has 1 heterocycles. The number of β-amino-alcohol motifs (C(OH)–C–C–N with tert-alkyl or cyclic N) is 1. The van der Waals surface area contributed by atoms with Gasteiger partial charge in [0.1, 0.15) is 0 Å². The summed E-state index contributed by atoms with van der Waals surface area (Å²) in [4.78, 5) is 2.25. The lowest BCUT2D eigenvalue weighted by molar-refractivity contribution is 0.0143. The number of nitrogens with zero attached hydrogens (tertiary/aromatic N) is 1. The lowest BCUT2D eigenvalue weighted by Gasteiger charge is -2.28. The summed E-state index contributed by atoms with van der Waals surface area (Å²) in [6.45, 7) is 8.45. The first-order chi connectivity index (χ1) is 8.66. The highest BCUT2D eigenvalue weighted by Gasteiger charge is 2.16. The van der Waals surface area contributed by atoms with Crippen LogP contribution in [0, 0.1) is 0 Å². The summed E-state index contributed by atoms with van der Waals surface area (Å²) in [5, 5.41) is 10.2. The first-order valence-corrected chi connectivity index (χ1v) is 6.75. The first-order valence-electron chi connectivity index (χ1n) is 6.75. The summed E-state index contributed by atoms with van der Waals surface area (Å²) >= 11 is 0. The zero-order chi connectivity index (χ0) is 13.0. The summed E-state index contributed by atoms with van der Waals surface area (Å²) in [7, 11) is 0. The normalized spacial score (nSPS) is 19.1. The van der Waals surface area contributed by atoms with Crippen molar-refractivity contribution in [1.82, 2.24) is 4.90 Å². The quantitative estimate of drug-likeness (QED) is 0.887. The third-order valence-electron chi connectivity index (χ3n) is 3.52. The van der Waals surface area contributed by atoms with Crippen LogP contribution in [0.2, 0.25) is 0 Å². The number of benzene rings is 1. The van der Waals surface area contributed by atoms with Crippen molar-refractivity contribution in [3.8, 4) is 0 Å². The van der Waals surface area contributed by atoms with Gasteiger partial charge in [0.15, 0.2) is 0 Å². The minimum Gasteiger partial charge on any atom is -0.387 e. The molecule has 1 unspecified atom stereocenters. The van der Waals surface area contributed by atoms with E-state index >= 15 is 0 Å². The SMILES string of the molecule is CC(C)c1ccc(C(O)CN2CCOCC2)cc1. The average Bonchev–Trinajstić information content (AvgIpc) is 2.40. The molecule has 0 spiro atoms. The molecule has 1 aromatic carbocycles. The van der Waals surface area contributed by atoms with Crippen LogP contribution in [0.3, 0.4) is 0 Å². The Hall–Kier alpha value is -0.900. The van der Waals surface area contributed by atoms with E-state index in [1.54, 1.807) is 0 Å². The molecule has 0 bridgehead atoms. The number of rotatable bonds is 4. The Labute approximate surface area is 109 Å². The number of hydrogen-bond acceptors (Lipinski definition) is 3. The largest absolute Gasteiger partial charge is 0.387 e. The van der Waals surface area contributed by atoms with Crippen LogP contribution in [0.4, 0.5) is 0 Å². The fourth-order valence-electron chi connectivity index (χ4n) is 2.24. The van der Waals surface area contributed by atoms with E-state index in [0.717, 1.165) is 31.9 Å². The Morgan fingerprint density at radius 3 is 2.22 bits per heavy atom. The van der Waals surface area contributed by atoms with Crippen LogP contribution in [-0.2, 0) is 4.74 Å². The zero-order valence-corrected chi connectivity index (χ0v) is 11.3. The predicted molar refractivity (Wildman–Crippen MR) is 72.7 cm³/mol. The monoisotopic (exact) mass is 249 g/mol. The summed E-state index contributed by atoms with van der Waals surface area (Å²) in [6, 6.07) is 8.31. The van der Waals surface area contributed by atoms with Crippen molar-refractivity contribution in [2.75, 3.05) is 32.8 Å². The molecule has 0 radical (unpaired) electrons. The van der Waals surface area contributed by atoms with E-state index in [1.165, 1.54) is 5.56 Å². The van der Waals surface area contributed by atoms with E-state index in [2.05, 4.69) is 30.9 Å². The molecule has 1 aliphatic rings. The summed E-state index contributed by atoms with van der Waals surface area (Å²) in [6.07, 6.45) is -0.399. The van der Waals surface area contributed by atoms with Crippen molar-refractivity contribution >= 4 is 0 Å². The Balaban J connectivity index is 1.93. The molecule has 1 saturated heterocycles. The third kappa shape index (κ3) is 3.55. The van der Waals surface area contributed by atoms with Gasteiger partial charge in [-0.05, 0) is 17.0 Å². The van der Waals surface area contributed by atoms with Crippen molar-refractivity contribution in [2.24, 2.45) is 0 Å². The Kier molecular flexibility index (Phi) is 4.75. The van der Waals surface area contributed by atoms with Crippen LogP contribution in [-0.4, -0.2) is 42.9 Å². The van der Waals surface area contributed by atoms with Crippen LogP contribution >= 0.6 is 0 Å². The summed E-state index contributed by atoms with van der Waals surface area (Å²) < 4.78 is 5.31. The van der Waals surface area contributed by atoms with Gasteiger partial charge in [0.25, 0.3) is 0 Å². The van der Waals surface area contributed by atoms with Gasteiger partial charge in [-0.2, -0.15) is 0 Å². The van der Waals surface area contributed by atoms with Crippen LogP contribution in [0.5, 0.6) is 0 Å². The maximum absolute atomic E-state index is 10.2. The van der Waals surface area contributed by atoms with E-state index in [-0.39, 0.29) is 0 Å². The molecule has 0 saturated carbocycles. The van der Waals surface area contributed by atoms with Gasteiger partial charge in [-0.3, -0.25) is 4.90 Å². The van der Waals surface area contributed by atoms with Gasteiger partial charge in [0.2, 0.25) is 0 Å². The molecular weight excluding hydrogens is 226 g/mol. The zero-order valence-electron chi connectivity index (χ0n) is 11.3. The Morgan fingerprint density at radius 1 is 1.11 bits per heavy atom. The molecule has 3 heteroatoms. The van der Waals surface area contributed by atoms with Crippen molar-refractivity contribution < 1.29 is 9.84 Å². The Bertz CT molecular complexity index is 355. The average molecular weight is 249 g/mol. The van der Waals surface area contributed by atoms with Gasteiger partial charge in [-0.15, -0.1) is 0 Å². The number of hydrogen-bond donors (Lipinski definition) is 1. The van der Waals surface area contributed by atoms with Crippen molar-refractivity contribution in [1.29, 1.82) is 0 Å². The maximum Gasteiger partial charge on any atom is 0.0916 e. The van der Waals surface area contributed by atoms with E-state index < -0.39 is 6.10 Å². The second kappa shape index (κ2) is 6.32. The number of ether oxygens (including phenoxy) is 1. The molecule has 2 rings (SSSR count). The fraction of sp³-hybridized carbons (Fsp3) is 0.600. The highest BCUT2D eigenvalue weighted by Crippen LogP contribution is 2.19. The molecule has 3 nitrogen and oxygen atoms in total. The van der Waals surface area contributed by atoms with E-state index in [9.17, 15) is 5.11 Å². The highest BCUT2D eigenvalue weighted by molar-refractivity contribution is 5.26. The van der Waals surface area contributed by atoms with Crippen molar-refractivity contribution in [3.63, 3.8) is 0 Å². The topological polar surface area (TPSA) is 32.7 Å². The van der Waals surface area contributed by atoms with Gasteiger partial charge in [0.05, 0.1) is 19.3 Å². The fourth-order valence-corrected chi connectivity index (χ4v) is 2.24. The number of aliphatic hydroxyl groups excluding tert-OH is 1. The molecule has 18 heavy (non-hydrogen) atoms. The van der Waals surface area contributed by atoms with Crippen LogP contribution in [0.15, 0.2) is 24.3 Å². The second-order valence-corrected chi connectivity index (χ2v) is 5.25. The molecule has 1 fully saturated rings. The van der Waals surface area contributed by atoms with Gasteiger partial charge in [0, 0.05) is 19.6 Å². The molecular formula is C15H23NO2. The Morgan fingerprint density at radius 2 is 1.67 bits per heavy atom. The minimum absolute atomic E-state index is 0.399. The van der Waals surface area contributed by atoms with Gasteiger partial charge in [-0.25, -0.2) is 0 Å². The van der Waals surface area contributed by atoms with E-state index in [4.69, 9.17) is 4.74 Å². The molecule has 1 N–H and O–H groups in total. The summed E-state index contributed by atoms with van der Waals surface area (Å²) in [5.41, 5.74) is 2.32. The molecule has 100 valence electrons. The van der Waals surface area contributed by atoms with E-state index in [0.29, 0.717) is 12.5 Å². The maximum atomic E-state index is 10.2. The highest BCUT2D eigenvalue weighted by atomic mass is 16.5. The lowest BCUT2D eigenvalue weighted by atomic mass is 10.00. The molecule has 1 atom stereocenters. The first kappa shape index (κ1) is 13.5. The summed E-state index contributed by atoms with van der Waals surface area (Å²) in [5.74, 6) is 0.537. The van der Waals surface area contributed by atoms with Crippen molar-refractivity contribution in [3.05, 3.63) is 35.4 Å². The predicted octanol–water partition coefficient (Wildman–Crippen LogP) is 2.18. The van der Waals surface area contributed by atoms with E-state index in [1.807, 2.05) is 12.1 Å². The standard InChI is InChI=1S/C15H23NO2/c1-12(2)13-3-5-14(6-4-13)15(17)11-16-7-9-18-10-8-16/h3-6,12,15,17H,7-11H2,1-2H3. The minimum atomic E-state index is -0.399. The van der Waals surface area contributed by atoms with Gasteiger partial charge >= 0.3 is 0 Å². The number of morpholine rings is 1.